The molecule has 98 valence electrons. The quantitative estimate of drug-likeness (QED) is 0.630. The summed E-state index contributed by atoms with van der Waals surface area (Å²) in [4.78, 5) is 23.4. The van der Waals surface area contributed by atoms with Gasteiger partial charge in [-0.2, -0.15) is 11.3 Å². The van der Waals surface area contributed by atoms with Crippen LogP contribution in [0.1, 0.15) is 20.7 Å². The number of halogens is 2. The Labute approximate surface area is 123 Å². The van der Waals surface area contributed by atoms with Crippen molar-refractivity contribution >= 4 is 46.3 Å². The van der Waals surface area contributed by atoms with Crippen LogP contribution in [0.2, 0.25) is 10.0 Å². The van der Waals surface area contributed by atoms with Crippen molar-refractivity contribution in [1.82, 2.24) is 0 Å². The molecule has 19 heavy (non-hydrogen) atoms. The summed E-state index contributed by atoms with van der Waals surface area (Å²) in [7, 11) is 0. The summed E-state index contributed by atoms with van der Waals surface area (Å²) in [5.41, 5.74) is 0.712. The molecule has 0 bridgehead atoms. The molecule has 0 saturated heterocycles. The van der Waals surface area contributed by atoms with Crippen LogP contribution in [0.25, 0.3) is 0 Å². The Morgan fingerprint density at radius 1 is 1.21 bits per heavy atom. The van der Waals surface area contributed by atoms with Crippen LogP contribution in [0.15, 0.2) is 35.0 Å². The third-order valence-electron chi connectivity index (χ3n) is 2.32. The Hall–Kier alpha value is -1.36. The van der Waals surface area contributed by atoms with E-state index < -0.39 is 5.97 Å². The lowest BCUT2D eigenvalue weighted by Gasteiger charge is -2.05. The first-order valence-corrected chi connectivity index (χ1v) is 6.95. The van der Waals surface area contributed by atoms with Crippen LogP contribution in [0.5, 0.6) is 0 Å². The number of thiophene rings is 1. The van der Waals surface area contributed by atoms with Crippen molar-refractivity contribution in [1.29, 1.82) is 0 Å². The van der Waals surface area contributed by atoms with Gasteiger partial charge in [0.25, 0.3) is 0 Å². The molecule has 1 heterocycles. The topological polar surface area (TPSA) is 43.4 Å². The number of hydrogen-bond acceptors (Lipinski definition) is 4. The zero-order chi connectivity index (χ0) is 13.8. The zero-order valence-electron chi connectivity index (χ0n) is 9.56. The van der Waals surface area contributed by atoms with Crippen LogP contribution >= 0.6 is 34.5 Å². The Bertz CT molecular complexity index is 608. The van der Waals surface area contributed by atoms with E-state index in [4.69, 9.17) is 27.9 Å². The highest BCUT2D eigenvalue weighted by atomic mass is 35.5. The molecule has 0 aliphatic heterocycles. The van der Waals surface area contributed by atoms with Crippen LogP contribution in [0, 0.1) is 0 Å². The van der Waals surface area contributed by atoms with Crippen molar-refractivity contribution in [2.45, 2.75) is 0 Å². The fourth-order valence-electron chi connectivity index (χ4n) is 1.39. The van der Waals surface area contributed by atoms with Gasteiger partial charge < -0.3 is 4.74 Å². The number of benzene rings is 1. The normalized spacial score (nSPS) is 10.2. The molecule has 0 saturated carbocycles. The number of carbonyl (C=O) groups is 2. The van der Waals surface area contributed by atoms with E-state index >= 15 is 0 Å². The van der Waals surface area contributed by atoms with E-state index in [2.05, 4.69) is 0 Å². The van der Waals surface area contributed by atoms with E-state index in [1.165, 1.54) is 23.5 Å². The molecule has 2 aromatic rings. The molecular formula is C13H8Cl2O3S. The molecule has 6 heteroatoms. The Kier molecular flexibility index (Phi) is 4.58. The van der Waals surface area contributed by atoms with Gasteiger partial charge in [0.05, 0.1) is 10.6 Å². The summed E-state index contributed by atoms with van der Waals surface area (Å²) in [6.45, 7) is -0.351. The van der Waals surface area contributed by atoms with Crippen molar-refractivity contribution in [3.05, 3.63) is 56.2 Å². The van der Waals surface area contributed by atoms with Gasteiger partial charge in [-0.05, 0) is 29.6 Å². The molecule has 0 atom stereocenters. The SMILES string of the molecule is O=C(OCC(=O)c1ccc(Cl)cc1Cl)c1ccsc1. The highest BCUT2D eigenvalue weighted by molar-refractivity contribution is 7.08. The number of rotatable bonds is 4. The summed E-state index contributed by atoms with van der Waals surface area (Å²) in [5, 5.41) is 4.09. The third kappa shape index (κ3) is 3.56. The van der Waals surface area contributed by atoms with Gasteiger partial charge >= 0.3 is 5.97 Å². The third-order valence-corrected chi connectivity index (χ3v) is 3.55. The number of ether oxygens (including phenoxy) is 1. The minimum Gasteiger partial charge on any atom is -0.454 e. The molecule has 1 aromatic heterocycles. The van der Waals surface area contributed by atoms with Gasteiger partial charge in [-0.1, -0.05) is 23.2 Å². The zero-order valence-corrected chi connectivity index (χ0v) is 11.9. The second-order valence-electron chi connectivity index (χ2n) is 3.64. The number of carbonyl (C=O) groups excluding carboxylic acids is 2. The van der Waals surface area contributed by atoms with Gasteiger partial charge in [-0.25, -0.2) is 4.79 Å². The standard InChI is InChI=1S/C13H8Cl2O3S/c14-9-1-2-10(11(15)5-9)12(16)6-18-13(17)8-3-4-19-7-8/h1-5,7H,6H2. The second-order valence-corrected chi connectivity index (χ2v) is 5.26. The number of hydrogen-bond donors (Lipinski definition) is 0. The van der Waals surface area contributed by atoms with Crippen LogP contribution in [0.3, 0.4) is 0 Å². The smallest absolute Gasteiger partial charge is 0.339 e. The Morgan fingerprint density at radius 3 is 2.63 bits per heavy atom. The van der Waals surface area contributed by atoms with E-state index in [0.717, 1.165) is 0 Å². The van der Waals surface area contributed by atoms with Gasteiger partial charge in [0.15, 0.2) is 6.61 Å². The van der Waals surface area contributed by atoms with E-state index in [1.807, 2.05) is 0 Å². The monoisotopic (exact) mass is 314 g/mol. The number of Topliss-reactive ketones (excluding diaryl/α,β-unsaturated/α-hetero) is 1. The van der Waals surface area contributed by atoms with Crippen LogP contribution in [-0.4, -0.2) is 18.4 Å². The summed E-state index contributed by atoms with van der Waals surface area (Å²) in [6, 6.07) is 6.16. The number of esters is 1. The first-order valence-electron chi connectivity index (χ1n) is 5.25. The second kappa shape index (κ2) is 6.19. The van der Waals surface area contributed by atoms with Crippen molar-refractivity contribution in [2.75, 3.05) is 6.61 Å². The molecule has 0 N–H and O–H groups in total. The number of ketones is 1. The largest absolute Gasteiger partial charge is 0.454 e. The Balaban J connectivity index is 2.00. The molecule has 0 radical (unpaired) electrons. The fourth-order valence-corrected chi connectivity index (χ4v) is 2.53. The lowest BCUT2D eigenvalue weighted by atomic mass is 10.1. The van der Waals surface area contributed by atoms with Crippen molar-refractivity contribution in [2.24, 2.45) is 0 Å². The maximum absolute atomic E-state index is 11.8. The Morgan fingerprint density at radius 2 is 2.00 bits per heavy atom. The minimum absolute atomic E-state index is 0.240. The highest BCUT2D eigenvalue weighted by Crippen LogP contribution is 2.21. The molecular weight excluding hydrogens is 307 g/mol. The van der Waals surface area contributed by atoms with Gasteiger partial charge in [-0.15, -0.1) is 0 Å². The minimum atomic E-state index is -0.528. The van der Waals surface area contributed by atoms with Gasteiger partial charge in [0, 0.05) is 16.0 Å². The summed E-state index contributed by atoms with van der Waals surface area (Å²) >= 11 is 13.0. The first kappa shape index (κ1) is 14.1. The lowest BCUT2D eigenvalue weighted by molar-refractivity contribution is 0.0475. The molecule has 0 spiro atoms. The van der Waals surface area contributed by atoms with Crippen molar-refractivity contribution in [3.8, 4) is 0 Å². The summed E-state index contributed by atoms with van der Waals surface area (Å²) in [5.74, 6) is -0.898. The van der Waals surface area contributed by atoms with E-state index in [-0.39, 0.29) is 23.0 Å². The molecule has 0 amide bonds. The average Bonchev–Trinajstić information content (AvgIpc) is 2.89. The average molecular weight is 315 g/mol. The lowest BCUT2D eigenvalue weighted by Crippen LogP contribution is -2.14. The summed E-state index contributed by atoms with van der Waals surface area (Å²) < 4.78 is 4.91. The van der Waals surface area contributed by atoms with E-state index in [9.17, 15) is 9.59 Å². The maximum Gasteiger partial charge on any atom is 0.339 e. The van der Waals surface area contributed by atoms with Crippen LogP contribution < -0.4 is 0 Å². The predicted molar refractivity (Wildman–Crippen MR) is 75.4 cm³/mol. The first-order chi connectivity index (χ1) is 9.08. The molecule has 0 fully saturated rings. The fraction of sp³-hybridized carbons (Fsp3) is 0.0769. The van der Waals surface area contributed by atoms with Crippen LogP contribution in [-0.2, 0) is 4.74 Å². The van der Waals surface area contributed by atoms with Gasteiger partial charge in [-0.3, -0.25) is 4.79 Å². The molecule has 0 unspecified atom stereocenters. The van der Waals surface area contributed by atoms with Crippen molar-refractivity contribution < 1.29 is 14.3 Å². The van der Waals surface area contributed by atoms with Gasteiger partial charge in [0.1, 0.15) is 0 Å². The molecule has 3 nitrogen and oxygen atoms in total. The van der Waals surface area contributed by atoms with Crippen molar-refractivity contribution in [3.63, 3.8) is 0 Å². The molecule has 1 aromatic carbocycles. The molecule has 0 aliphatic rings. The predicted octanol–water partition coefficient (Wildman–Crippen LogP) is 4.09. The highest BCUT2D eigenvalue weighted by Gasteiger charge is 2.14. The van der Waals surface area contributed by atoms with E-state index in [1.54, 1.807) is 22.9 Å². The molecule has 2 rings (SSSR count). The van der Waals surface area contributed by atoms with Crippen LogP contribution in [0.4, 0.5) is 0 Å². The molecule has 0 aliphatic carbocycles. The van der Waals surface area contributed by atoms with Gasteiger partial charge in [0.2, 0.25) is 5.78 Å². The maximum atomic E-state index is 11.8. The summed E-state index contributed by atoms with van der Waals surface area (Å²) in [6.07, 6.45) is 0. The van der Waals surface area contributed by atoms with E-state index in [0.29, 0.717) is 10.6 Å².